The van der Waals surface area contributed by atoms with Crippen LogP contribution in [-0.2, 0) is 6.54 Å². The van der Waals surface area contributed by atoms with Crippen LogP contribution in [0.5, 0.6) is 0 Å². The molecule has 1 aromatic rings. The van der Waals surface area contributed by atoms with Gasteiger partial charge in [0.2, 0.25) is 0 Å². The molecule has 1 fully saturated rings. The fourth-order valence-electron chi connectivity index (χ4n) is 2.63. The maximum atomic E-state index is 13.4. The van der Waals surface area contributed by atoms with Gasteiger partial charge >= 0.3 is 6.18 Å². The molecule has 7 heteroatoms. The molecule has 0 spiro atoms. The van der Waals surface area contributed by atoms with Gasteiger partial charge < -0.3 is 5.32 Å². The molecule has 0 saturated heterocycles. The van der Waals surface area contributed by atoms with E-state index in [4.69, 9.17) is 0 Å². The van der Waals surface area contributed by atoms with Crippen molar-refractivity contribution in [1.82, 2.24) is 5.32 Å². The van der Waals surface area contributed by atoms with E-state index in [9.17, 15) is 26.3 Å². The van der Waals surface area contributed by atoms with E-state index >= 15 is 0 Å². The summed E-state index contributed by atoms with van der Waals surface area (Å²) in [6.07, 6.45) is -3.22. The van der Waals surface area contributed by atoms with Crippen molar-refractivity contribution < 1.29 is 26.3 Å². The topological polar surface area (TPSA) is 12.0 Å². The summed E-state index contributed by atoms with van der Waals surface area (Å²) >= 11 is 0. The summed E-state index contributed by atoms with van der Waals surface area (Å²) in [4.78, 5) is 0. The van der Waals surface area contributed by atoms with Crippen molar-refractivity contribution in [2.24, 2.45) is 5.92 Å². The monoisotopic (exact) mass is 311 g/mol. The molecule has 0 aromatic heterocycles. The Kier molecular flexibility index (Phi) is 4.81. The summed E-state index contributed by atoms with van der Waals surface area (Å²) in [6.45, 7) is -0.127. The zero-order valence-electron chi connectivity index (χ0n) is 11.1. The van der Waals surface area contributed by atoms with Crippen molar-refractivity contribution in [2.45, 2.75) is 44.4 Å². The van der Waals surface area contributed by atoms with Gasteiger partial charge in [0.05, 0.1) is 5.92 Å². The standard InChI is InChI=1S/C14H15F6N/c15-11-6-13(17)12(16)4-8(11)7-21-10-3-1-2-9(5-10)14(18,19)20/h4,6,9-10,21H,1-3,5,7H2. The van der Waals surface area contributed by atoms with Crippen LogP contribution in [0.25, 0.3) is 0 Å². The van der Waals surface area contributed by atoms with Crippen molar-refractivity contribution >= 4 is 0 Å². The Morgan fingerprint density at radius 2 is 1.67 bits per heavy atom. The first-order valence-corrected chi connectivity index (χ1v) is 6.71. The number of alkyl halides is 3. The highest BCUT2D eigenvalue weighted by Crippen LogP contribution is 2.37. The third-order valence-corrected chi connectivity index (χ3v) is 3.81. The molecule has 1 aliphatic rings. The number of nitrogens with one attached hydrogen (secondary N) is 1. The fourth-order valence-corrected chi connectivity index (χ4v) is 2.63. The minimum Gasteiger partial charge on any atom is -0.310 e. The van der Waals surface area contributed by atoms with Gasteiger partial charge in [-0.15, -0.1) is 0 Å². The van der Waals surface area contributed by atoms with E-state index in [0.29, 0.717) is 18.9 Å². The van der Waals surface area contributed by atoms with Gasteiger partial charge in [-0.3, -0.25) is 0 Å². The first-order valence-electron chi connectivity index (χ1n) is 6.71. The van der Waals surface area contributed by atoms with E-state index in [1.165, 1.54) is 0 Å². The second-order valence-electron chi connectivity index (χ2n) is 5.34. The summed E-state index contributed by atoms with van der Waals surface area (Å²) < 4.78 is 77.2. The summed E-state index contributed by atoms with van der Waals surface area (Å²) in [6, 6.07) is 0.755. The van der Waals surface area contributed by atoms with Crippen molar-refractivity contribution in [3.63, 3.8) is 0 Å². The molecule has 1 N–H and O–H groups in total. The molecule has 1 nitrogen and oxygen atoms in total. The quantitative estimate of drug-likeness (QED) is 0.648. The smallest absolute Gasteiger partial charge is 0.310 e. The molecule has 2 unspecified atom stereocenters. The predicted molar refractivity (Wildman–Crippen MR) is 65.0 cm³/mol. The van der Waals surface area contributed by atoms with Crippen LogP contribution in [0.3, 0.4) is 0 Å². The number of hydrogen-bond acceptors (Lipinski definition) is 1. The third kappa shape index (κ3) is 4.12. The molecule has 2 atom stereocenters. The molecule has 1 aromatic carbocycles. The summed E-state index contributed by atoms with van der Waals surface area (Å²) in [5.74, 6) is -4.74. The minimum absolute atomic E-state index is 0.0746. The van der Waals surface area contributed by atoms with Gasteiger partial charge in [0.1, 0.15) is 5.82 Å². The average molecular weight is 311 g/mol. The van der Waals surface area contributed by atoms with Crippen molar-refractivity contribution in [3.8, 4) is 0 Å². The van der Waals surface area contributed by atoms with Crippen LogP contribution < -0.4 is 5.32 Å². The van der Waals surface area contributed by atoms with Gasteiger partial charge in [0, 0.05) is 24.2 Å². The van der Waals surface area contributed by atoms with Crippen molar-refractivity contribution in [2.75, 3.05) is 0 Å². The Bertz CT molecular complexity index is 499. The average Bonchev–Trinajstić information content (AvgIpc) is 2.41. The van der Waals surface area contributed by atoms with Crippen LogP contribution >= 0.6 is 0 Å². The van der Waals surface area contributed by atoms with E-state index in [1.807, 2.05) is 0 Å². The molecule has 1 aliphatic carbocycles. The van der Waals surface area contributed by atoms with Crippen molar-refractivity contribution in [3.05, 3.63) is 35.1 Å². The first-order chi connectivity index (χ1) is 9.77. The second kappa shape index (κ2) is 6.25. The zero-order valence-corrected chi connectivity index (χ0v) is 11.1. The molecule has 0 radical (unpaired) electrons. The number of rotatable bonds is 3. The Morgan fingerprint density at radius 1 is 1.00 bits per heavy atom. The maximum absolute atomic E-state index is 13.4. The molecule has 118 valence electrons. The summed E-state index contributed by atoms with van der Waals surface area (Å²) in [7, 11) is 0. The summed E-state index contributed by atoms with van der Waals surface area (Å²) in [5, 5.41) is 2.80. The van der Waals surface area contributed by atoms with E-state index < -0.39 is 35.6 Å². The van der Waals surface area contributed by atoms with Crippen LogP contribution in [-0.4, -0.2) is 12.2 Å². The first kappa shape index (κ1) is 16.1. The van der Waals surface area contributed by atoms with Gasteiger partial charge in [-0.05, 0) is 25.3 Å². The lowest BCUT2D eigenvalue weighted by molar-refractivity contribution is -0.183. The van der Waals surface area contributed by atoms with Gasteiger partial charge in [0.15, 0.2) is 11.6 Å². The SMILES string of the molecule is Fc1cc(F)c(CNC2CCCC(C(F)(F)F)C2)cc1F. The van der Waals surface area contributed by atoms with Gasteiger partial charge in [0.25, 0.3) is 0 Å². The summed E-state index contributed by atoms with van der Waals surface area (Å²) in [5.41, 5.74) is -0.0944. The largest absolute Gasteiger partial charge is 0.391 e. The molecule has 0 aliphatic heterocycles. The van der Waals surface area contributed by atoms with Gasteiger partial charge in [-0.1, -0.05) is 6.42 Å². The van der Waals surface area contributed by atoms with Crippen molar-refractivity contribution in [1.29, 1.82) is 0 Å². The molecular weight excluding hydrogens is 296 g/mol. The van der Waals surface area contributed by atoms with E-state index in [-0.39, 0.29) is 24.9 Å². The third-order valence-electron chi connectivity index (χ3n) is 3.81. The molecular formula is C14H15F6N. The fraction of sp³-hybridized carbons (Fsp3) is 0.571. The van der Waals surface area contributed by atoms with Crippen LogP contribution in [0.2, 0.25) is 0 Å². The van der Waals surface area contributed by atoms with Crippen LogP contribution in [0, 0.1) is 23.4 Å². The zero-order chi connectivity index (χ0) is 15.6. The molecule has 21 heavy (non-hydrogen) atoms. The van der Waals surface area contributed by atoms with Gasteiger partial charge in [-0.2, -0.15) is 13.2 Å². The second-order valence-corrected chi connectivity index (χ2v) is 5.34. The van der Waals surface area contributed by atoms with E-state index in [0.717, 1.165) is 6.07 Å². The minimum atomic E-state index is -4.23. The molecule has 1 saturated carbocycles. The van der Waals surface area contributed by atoms with Crippen LogP contribution in [0.15, 0.2) is 12.1 Å². The van der Waals surface area contributed by atoms with E-state index in [2.05, 4.69) is 5.32 Å². The Balaban J connectivity index is 1.95. The normalized spacial score (nSPS) is 23.3. The molecule has 0 heterocycles. The highest BCUT2D eigenvalue weighted by atomic mass is 19.4. The highest BCUT2D eigenvalue weighted by Gasteiger charge is 2.42. The number of halogens is 6. The number of benzene rings is 1. The lowest BCUT2D eigenvalue weighted by Crippen LogP contribution is -2.38. The van der Waals surface area contributed by atoms with E-state index in [1.54, 1.807) is 0 Å². The lowest BCUT2D eigenvalue weighted by atomic mass is 9.85. The Morgan fingerprint density at radius 3 is 2.33 bits per heavy atom. The van der Waals surface area contributed by atoms with Crippen LogP contribution in [0.1, 0.15) is 31.2 Å². The Labute approximate surface area is 118 Å². The number of hydrogen-bond donors (Lipinski definition) is 1. The van der Waals surface area contributed by atoms with Gasteiger partial charge in [-0.25, -0.2) is 13.2 Å². The Hall–Kier alpha value is -1.24. The maximum Gasteiger partial charge on any atom is 0.391 e. The lowest BCUT2D eigenvalue weighted by Gasteiger charge is -2.31. The molecule has 0 amide bonds. The highest BCUT2D eigenvalue weighted by molar-refractivity contribution is 5.20. The molecule has 2 rings (SSSR count). The van der Waals surface area contributed by atoms with Crippen LogP contribution in [0.4, 0.5) is 26.3 Å². The molecule has 0 bridgehead atoms. The predicted octanol–water partition coefficient (Wildman–Crippen LogP) is 4.31.